The van der Waals surface area contributed by atoms with Gasteiger partial charge in [-0.25, -0.2) is 4.98 Å². The maximum atomic E-state index is 12.2. The second-order valence-corrected chi connectivity index (χ2v) is 5.29. The van der Waals surface area contributed by atoms with Gasteiger partial charge in [-0.1, -0.05) is 18.2 Å². The van der Waals surface area contributed by atoms with Gasteiger partial charge in [-0.15, -0.1) is 0 Å². The van der Waals surface area contributed by atoms with Gasteiger partial charge in [0.1, 0.15) is 0 Å². The highest BCUT2D eigenvalue weighted by Crippen LogP contribution is 2.20. The van der Waals surface area contributed by atoms with E-state index in [1.807, 2.05) is 73.6 Å². The number of hydrogen-bond donors (Lipinski definition) is 1. The average molecular weight is 307 g/mol. The van der Waals surface area contributed by atoms with Gasteiger partial charge in [-0.05, 0) is 36.4 Å². The van der Waals surface area contributed by atoms with Crippen LogP contribution < -0.4 is 10.2 Å². The molecule has 23 heavy (non-hydrogen) atoms. The van der Waals surface area contributed by atoms with Crippen molar-refractivity contribution in [3.63, 3.8) is 0 Å². The minimum Gasteiger partial charge on any atom is -0.431 e. The molecular formula is C18H17N3O2. The fraction of sp³-hybridized carbons (Fsp3) is 0.111. The highest BCUT2D eigenvalue weighted by atomic mass is 16.4. The summed E-state index contributed by atoms with van der Waals surface area (Å²) < 4.78 is 5.53. The summed E-state index contributed by atoms with van der Waals surface area (Å²) in [6, 6.07) is 17.0. The third kappa shape index (κ3) is 3.40. The van der Waals surface area contributed by atoms with E-state index in [2.05, 4.69) is 10.3 Å². The fourth-order valence-electron chi connectivity index (χ4n) is 2.13. The molecule has 3 aromatic rings. The van der Waals surface area contributed by atoms with Crippen LogP contribution in [0.3, 0.4) is 0 Å². The molecule has 0 aliphatic carbocycles. The summed E-state index contributed by atoms with van der Waals surface area (Å²) in [6.07, 6.45) is 1.44. The Labute approximate surface area is 134 Å². The van der Waals surface area contributed by atoms with Crippen LogP contribution >= 0.6 is 0 Å². The minimum atomic E-state index is -0.322. The SMILES string of the molecule is CN(C)c1ccc(NC(=O)c2cnc(-c3ccccc3)o2)cc1. The number of nitrogens with one attached hydrogen (secondary N) is 1. The number of carbonyl (C=O) groups is 1. The summed E-state index contributed by atoms with van der Waals surface area (Å²) in [5.41, 5.74) is 2.61. The lowest BCUT2D eigenvalue weighted by Gasteiger charge is -2.12. The zero-order chi connectivity index (χ0) is 16.2. The highest BCUT2D eigenvalue weighted by molar-refractivity contribution is 6.02. The second-order valence-electron chi connectivity index (χ2n) is 5.29. The van der Waals surface area contributed by atoms with Crippen LogP contribution in [0.1, 0.15) is 10.6 Å². The van der Waals surface area contributed by atoms with E-state index in [4.69, 9.17) is 4.42 Å². The maximum absolute atomic E-state index is 12.2. The molecule has 0 aliphatic rings. The number of rotatable bonds is 4. The maximum Gasteiger partial charge on any atom is 0.293 e. The third-order valence-electron chi connectivity index (χ3n) is 3.39. The molecule has 1 aromatic heterocycles. The van der Waals surface area contributed by atoms with Gasteiger partial charge in [0.05, 0.1) is 6.20 Å². The van der Waals surface area contributed by atoms with E-state index < -0.39 is 0 Å². The van der Waals surface area contributed by atoms with Crippen LogP contribution in [-0.2, 0) is 0 Å². The molecule has 0 saturated heterocycles. The molecule has 2 aromatic carbocycles. The Morgan fingerprint density at radius 2 is 1.74 bits per heavy atom. The number of aromatic nitrogens is 1. The van der Waals surface area contributed by atoms with E-state index in [0.717, 1.165) is 11.3 Å². The predicted octanol–water partition coefficient (Wildman–Crippen LogP) is 3.66. The van der Waals surface area contributed by atoms with E-state index in [1.165, 1.54) is 6.20 Å². The lowest BCUT2D eigenvalue weighted by atomic mass is 10.2. The lowest BCUT2D eigenvalue weighted by Crippen LogP contribution is -2.12. The summed E-state index contributed by atoms with van der Waals surface area (Å²) in [7, 11) is 3.93. The summed E-state index contributed by atoms with van der Waals surface area (Å²) >= 11 is 0. The number of anilines is 2. The van der Waals surface area contributed by atoms with Gasteiger partial charge in [0.15, 0.2) is 0 Å². The fourth-order valence-corrected chi connectivity index (χ4v) is 2.13. The van der Waals surface area contributed by atoms with Crippen molar-refractivity contribution in [2.45, 2.75) is 0 Å². The molecule has 0 saturated carbocycles. The van der Waals surface area contributed by atoms with Crippen molar-refractivity contribution in [1.29, 1.82) is 0 Å². The van der Waals surface area contributed by atoms with Gasteiger partial charge < -0.3 is 14.6 Å². The standard InChI is InChI=1S/C18H17N3O2/c1-21(2)15-10-8-14(9-11-15)20-17(22)16-12-19-18(23-16)13-6-4-3-5-7-13/h3-12H,1-2H3,(H,20,22). The molecule has 0 bridgehead atoms. The largest absolute Gasteiger partial charge is 0.431 e. The molecule has 3 rings (SSSR count). The van der Waals surface area contributed by atoms with Crippen LogP contribution in [0.4, 0.5) is 11.4 Å². The van der Waals surface area contributed by atoms with Crippen molar-refractivity contribution in [3.8, 4) is 11.5 Å². The Kier molecular flexibility index (Phi) is 4.10. The van der Waals surface area contributed by atoms with Crippen LogP contribution in [0.15, 0.2) is 65.2 Å². The van der Waals surface area contributed by atoms with E-state index >= 15 is 0 Å². The highest BCUT2D eigenvalue weighted by Gasteiger charge is 2.13. The van der Waals surface area contributed by atoms with Gasteiger partial charge >= 0.3 is 0 Å². The Bertz CT molecular complexity index is 793. The average Bonchev–Trinajstić information content (AvgIpc) is 3.06. The van der Waals surface area contributed by atoms with Gasteiger partial charge in [0.2, 0.25) is 11.7 Å². The number of benzene rings is 2. The first-order valence-electron chi connectivity index (χ1n) is 7.23. The van der Waals surface area contributed by atoms with Gasteiger partial charge in [0.25, 0.3) is 5.91 Å². The minimum absolute atomic E-state index is 0.181. The summed E-state index contributed by atoms with van der Waals surface area (Å²) in [5, 5.41) is 2.80. The number of nitrogens with zero attached hydrogens (tertiary/aromatic N) is 2. The first-order valence-corrected chi connectivity index (χ1v) is 7.23. The molecular weight excluding hydrogens is 290 g/mol. The van der Waals surface area contributed by atoms with Crippen molar-refractivity contribution in [3.05, 3.63) is 66.6 Å². The van der Waals surface area contributed by atoms with Crippen LogP contribution in [0.2, 0.25) is 0 Å². The first kappa shape index (κ1) is 14.8. The first-order chi connectivity index (χ1) is 11.1. The van der Waals surface area contributed by atoms with Crippen LogP contribution in [-0.4, -0.2) is 25.0 Å². The van der Waals surface area contributed by atoms with Crippen LogP contribution in [0.5, 0.6) is 0 Å². The molecule has 1 amide bonds. The van der Waals surface area contributed by atoms with Crippen LogP contribution in [0.25, 0.3) is 11.5 Å². The van der Waals surface area contributed by atoms with Crippen molar-refractivity contribution >= 4 is 17.3 Å². The Balaban J connectivity index is 1.72. The molecule has 5 nitrogen and oxygen atoms in total. The number of oxazole rings is 1. The van der Waals surface area contributed by atoms with Crippen molar-refractivity contribution < 1.29 is 9.21 Å². The molecule has 0 spiro atoms. The summed E-state index contributed by atoms with van der Waals surface area (Å²) in [4.78, 5) is 18.4. The molecule has 1 heterocycles. The normalized spacial score (nSPS) is 10.3. The molecule has 0 atom stereocenters. The molecule has 5 heteroatoms. The number of carbonyl (C=O) groups excluding carboxylic acids is 1. The zero-order valence-corrected chi connectivity index (χ0v) is 13.0. The van der Waals surface area contributed by atoms with Gasteiger partial charge in [-0.2, -0.15) is 0 Å². The van der Waals surface area contributed by atoms with Gasteiger partial charge in [0, 0.05) is 31.0 Å². The molecule has 0 fully saturated rings. The van der Waals surface area contributed by atoms with Crippen LogP contribution in [0, 0.1) is 0 Å². The monoisotopic (exact) mass is 307 g/mol. The number of hydrogen-bond acceptors (Lipinski definition) is 4. The number of amides is 1. The molecule has 0 unspecified atom stereocenters. The third-order valence-corrected chi connectivity index (χ3v) is 3.39. The quantitative estimate of drug-likeness (QED) is 0.799. The van der Waals surface area contributed by atoms with Gasteiger partial charge in [-0.3, -0.25) is 4.79 Å². The molecule has 0 aliphatic heterocycles. The Morgan fingerprint density at radius 1 is 1.04 bits per heavy atom. The Hall–Kier alpha value is -3.08. The molecule has 116 valence electrons. The zero-order valence-electron chi connectivity index (χ0n) is 13.0. The predicted molar refractivity (Wildman–Crippen MR) is 90.7 cm³/mol. The van der Waals surface area contributed by atoms with E-state index in [-0.39, 0.29) is 11.7 Å². The van der Waals surface area contributed by atoms with E-state index in [0.29, 0.717) is 11.6 Å². The van der Waals surface area contributed by atoms with Crippen molar-refractivity contribution in [2.75, 3.05) is 24.3 Å². The van der Waals surface area contributed by atoms with E-state index in [9.17, 15) is 4.79 Å². The second kappa shape index (κ2) is 6.36. The Morgan fingerprint density at radius 3 is 2.39 bits per heavy atom. The van der Waals surface area contributed by atoms with Crippen molar-refractivity contribution in [1.82, 2.24) is 4.98 Å². The topological polar surface area (TPSA) is 58.4 Å². The smallest absolute Gasteiger partial charge is 0.293 e. The summed E-state index contributed by atoms with van der Waals surface area (Å²) in [6.45, 7) is 0. The molecule has 1 N–H and O–H groups in total. The molecule has 0 radical (unpaired) electrons. The van der Waals surface area contributed by atoms with E-state index in [1.54, 1.807) is 0 Å². The lowest BCUT2D eigenvalue weighted by molar-refractivity contribution is 0.0997. The summed E-state index contributed by atoms with van der Waals surface area (Å²) in [5.74, 6) is 0.288. The van der Waals surface area contributed by atoms with Crippen molar-refractivity contribution in [2.24, 2.45) is 0 Å².